The normalized spacial score (nSPS) is 15.3. The van der Waals surface area contributed by atoms with E-state index in [2.05, 4.69) is 65.0 Å². The Hall–Kier alpha value is -4.68. The van der Waals surface area contributed by atoms with Crippen LogP contribution in [0, 0.1) is 0 Å². The fourth-order valence-electron chi connectivity index (χ4n) is 6.12. The second-order valence-electron chi connectivity index (χ2n) is 11.0. The van der Waals surface area contributed by atoms with Gasteiger partial charge in [0.1, 0.15) is 5.69 Å². The van der Waals surface area contributed by atoms with Crippen LogP contribution in [0.25, 0.3) is 21.9 Å². The lowest BCUT2D eigenvalue weighted by molar-refractivity contribution is 0.0653. The van der Waals surface area contributed by atoms with Crippen molar-refractivity contribution in [3.8, 4) is 11.1 Å². The summed E-state index contributed by atoms with van der Waals surface area (Å²) in [6.07, 6.45) is 0. The number of nitrogens with zero attached hydrogens (tertiary/aromatic N) is 4. The van der Waals surface area contributed by atoms with Crippen molar-refractivity contribution in [2.45, 2.75) is 13.1 Å². The van der Waals surface area contributed by atoms with E-state index < -0.39 is 0 Å². The van der Waals surface area contributed by atoms with Crippen LogP contribution in [0.15, 0.2) is 103 Å². The molecule has 4 aromatic carbocycles. The van der Waals surface area contributed by atoms with Crippen LogP contribution in [-0.4, -0.2) is 59.4 Å². The number of para-hydroxylation sites is 1. The molecule has 0 saturated carbocycles. The van der Waals surface area contributed by atoms with E-state index in [4.69, 9.17) is 0 Å². The van der Waals surface area contributed by atoms with Gasteiger partial charge in [0, 0.05) is 43.1 Å². The third-order valence-corrected chi connectivity index (χ3v) is 8.49. The number of benzene rings is 4. The standard InChI is InChI=1S/C35H32N4O2/c1-36-19-21-37(22-20-36)35(41)33-18-17-29-24-39(32-12-5-3-8-28(32)23-38(29)33)34(40)27-15-13-26(14-16-27)31-11-6-9-25-7-2-4-10-30(25)31/h2-18H,19-24H2,1H3. The van der Waals surface area contributed by atoms with Gasteiger partial charge in [0.2, 0.25) is 0 Å². The third-order valence-electron chi connectivity index (χ3n) is 8.49. The van der Waals surface area contributed by atoms with Crippen molar-refractivity contribution in [3.63, 3.8) is 0 Å². The SMILES string of the molecule is CN1CCN(C(=O)c2ccc3n2Cc2ccccc2N(C(=O)c2ccc(-c4cccc5ccccc45)cc2)C3)CC1. The molecule has 3 heterocycles. The number of carbonyl (C=O) groups excluding carboxylic acids is 2. The van der Waals surface area contributed by atoms with Crippen molar-refractivity contribution in [2.24, 2.45) is 0 Å². The molecule has 0 aliphatic carbocycles. The van der Waals surface area contributed by atoms with Gasteiger partial charge in [-0.15, -0.1) is 0 Å². The predicted molar refractivity (Wildman–Crippen MR) is 163 cm³/mol. The number of hydrogen-bond donors (Lipinski definition) is 0. The van der Waals surface area contributed by atoms with Gasteiger partial charge in [-0.2, -0.15) is 0 Å². The molecule has 0 radical (unpaired) electrons. The summed E-state index contributed by atoms with van der Waals surface area (Å²) in [6, 6.07) is 34.5. The lowest BCUT2D eigenvalue weighted by Gasteiger charge is -2.32. The average molecular weight is 541 g/mol. The van der Waals surface area contributed by atoms with Crippen LogP contribution >= 0.6 is 0 Å². The van der Waals surface area contributed by atoms with Gasteiger partial charge in [-0.05, 0) is 64.8 Å². The number of fused-ring (bicyclic) bond motifs is 3. The summed E-state index contributed by atoms with van der Waals surface area (Å²) in [5, 5.41) is 2.39. The van der Waals surface area contributed by atoms with Crippen LogP contribution in [-0.2, 0) is 13.1 Å². The molecule has 1 saturated heterocycles. The minimum atomic E-state index is -0.0523. The Balaban J connectivity index is 1.20. The second kappa shape index (κ2) is 10.4. The van der Waals surface area contributed by atoms with Gasteiger partial charge < -0.3 is 19.3 Å². The van der Waals surface area contributed by atoms with E-state index in [-0.39, 0.29) is 11.8 Å². The molecule has 5 aromatic rings. The van der Waals surface area contributed by atoms with Gasteiger partial charge in [0.05, 0.1) is 13.1 Å². The maximum absolute atomic E-state index is 14.0. The smallest absolute Gasteiger partial charge is 0.270 e. The van der Waals surface area contributed by atoms with E-state index in [1.54, 1.807) is 0 Å². The lowest BCUT2D eigenvalue weighted by atomic mass is 9.97. The summed E-state index contributed by atoms with van der Waals surface area (Å²) in [4.78, 5) is 33.6. The van der Waals surface area contributed by atoms with Crippen LogP contribution < -0.4 is 4.90 Å². The van der Waals surface area contributed by atoms with Gasteiger partial charge in [0.25, 0.3) is 11.8 Å². The molecule has 0 bridgehead atoms. The molecule has 0 unspecified atom stereocenters. The first-order chi connectivity index (χ1) is 20.1. The molecule has 1 fully saturated rings. The first kappa shape index (κ1) is 25.3. The quantitative estimate of drug-likeness (QED) is 0.286. The van der Waals surface area contributed by atoms with Crippen molar-refractivity contribution in [1.29, 1.82) is 0 Å². The molecule has 204 valence electrons. The molecule has 41 heavy (non-hydrogen) atoms. The van der Waals surface area contributed by atoms with E-state index in [1.807, 2.05) is 64.4 Å². The van der Waals surface area contributed by atoms with Crippen molar-refractivity contribution in [3.05, 3.63) is 126 Å². The van der Waals surface area contributed by atoms with Crippen LogP contribution in [0.5, 0.6) is 0 Å². The van der Waals surface area contributed by atoms with Crippen LogP contribution in [0.1, 0.15) is 32.1 Å². The molecule has 0 N–H and O–H groups in total. The lowest BCUT2D eigenvalue weighted by Crippen LogP contribution is -2.47. The fraction of sp³-hybridized carbons (Fsp3) is 0.200. The number of rotatable bonds is 3. The molecule has 2 amide bonds. The molecular formula is C35H32N4O2. The van der Waals surface area contributed by atoms with Crippen molar-refractivity contribution in [2.75, 3.05) is 38.1 Å². The fourth-order valence-corrected chi connectivity index (χ4v) is 6.12. The Labute approximate surface area is 240 Å². The zero-order valence-electron chi connectivity index (χ0n) is 23.2. The zero-order chi connectivity index (χ0) is 27.9. The summed E-state index contributed by atoms with van der Waals surface area (Å²) in [6.45, 7) is 4.17. The summed E-state index contributed by atoms with van der Waals surface area (Å²) in [7, 11) is 2.09. The summed E-state index contributed by atoms with van der Waals surface area (Å²) in [5.74, 6) is 0.00847. The summed E-state index contributed by atoms with van der Waals surface area (Å²) >= 11 is 0. The Bertz CT molecular complexity index is 1760. The molecule has 2 aliphatic rings. The van der Waals surface area contributed by atoms with Gasteiger partial charge >= 0.3 is 0 Å². The van der Waals surface area contributed by atoms with Crippen molar-refractivity contribution < 1.29 is 9.59 Å². The van der Waals surface area contributed by atoms with E-state index in [0.717, 1.165) is 54.3 Å². The highest BCUT2D eigenvalue weighted by Gasteiger charge is 2.29. The number of amides is 2. The Kier molecular flexibility index (Phi) is 6.40. The molecule has 6 heteroatoms. The summed E-state index contributed by atoms with van der Waals surface area (Å²) < 4.78 is 2.09. The monoisotopic (exact) mass is 540 g/mol. The molecule has 0 spiro atoms. The van der Waals surface area contributed by atoms with E-state index in [1.165, 1.54) is 10.8 Å². The Morgan fingerprint density at radius 1 is 0.659 bits per heavy atom. The highest BCUT2D eigenvalue weighted by atomic mass is 16.2. The molecular weight excluding hydrogens is 508 g/mol. The predicted octanol–water partition coefficient (Wildman–Crippen LogP) is 5.90. The maximum Gasteiger partial charge on any atom is 0.270 e. The van der Waals surface area contributed by atoms with Gasteiger partial charge in [-0.1, -0.05) is 72.8 Å². The van der Waals surface area contributed by atoms with Crippen LogP contribution in [0.3, 0.4) is 0 Å². The minimum absolute atomic E-state index is 0.0523. The number of anilines is 1. The van der Waals surface area contributed by atoms with Crippen molar-refractivity contribution in [1.82, 2.24) is 14.4 Å². The zero-order valence-corrected chi connectivity index (χ0v) is 23.2. The molecule has 2 aliphatic heterocycles. The maximum atomic E-state index is 14.0. The molecule has 7 rings (SSSR count). The average Bonchev–Trinajstić information content (AvgIpc) is 3.33. The first-order valence-electron chi connectivity index (χ1n) is 14.2. The molecule has 6 nitrogen and oxygen atoms in total. The molecule has 0 atom stereocenters. The van der Waals surface area contributed by atoms with Crippen molar-refractivity contribution >= 4 is 28.3 Å². The van der Waals surface area contributed by atoms with E-state index in [0.29, 0.717) is 24.3 Å². The Morgan fingerprint density at radius 3 is 2.22 bits per heavy atom. The highest BCUT2D eigenvalue weighted by molar-refractivity contribution is 6.07. The van der Waals surface area contributed by atoms with Gasteiger partial charge in [-0.3, -0.25) is 9.59 Å². The number of carbonyl (C=O) groups is 2. The minimum Gasteiger partial charge on any atom is -0.335 e. The van der Waals surface area contributed by atoms with Gasteiger partial charge in [-0.25, -0.2) is 0 Å². The topological polar surface area (TPSA) is 48.8 Å². The van der Waals surface area contributed by atoms with E-state index in [9.17, 15) is 9.59 Å². The number of piperazine rings is 1. The van der Waals surface area contributed by atoms with E-state index >= 15 is 0 Å². The Morgan fingerprint density at radius 2 is 1.39 bits per heavy atom. The van der Waals surface area contributed by atoms with Crippen LogP contribution in [0.4, 0.5) is 5.69 Å². The number of likely N-dealkylation sites (N-methyl/N-ethyl adjacent to an activating group) is 1. The first-order valence-corrected chi connectivity index (χ1v) is 14.2. The number of hydrogen-bond acceptors (Lipinski definition) is 3. The largest absolute Gasteiger partial charge is 0.335 e. The highest BCUT2D eigenvalue weighted by Crippen LogP contribution is 2.32. The number of aromatic nitrogens is 1. The van der Waals surface area contributed by atoms with Gasteiger partial charge in [0.15, 0.2) is 0 Å². The van der Waals surface area contributed by atoms with Crippen LogP contribution in [0.2, 0.25) is 0 Å². The third kappa shape index (κ3) is 4.60. The molecule has 1 aromatic heterocycles. The second-order valence-corrected chi connectivity index (χ2v) is 11.0. The summed E-state index contributed by atoms with van der Waals surface area (Å²) in [5.41, 5.74) is 6.42.